The number of hydrogen-bond acceptors (Lipinski definition) is 4. The second kappa shape index (κ2) is 7.57. The summed E-state index contributed by atoms with van der Waals surface area (Å²) in [5.41, 5.74) is -0.592. The summed E-state index contributed by atoms with van der Waals surface area (Å²) in [5, 5.41) is 7.05. The highest BCUT2D eigenvalue weighted by atomic mass is 35.5. The summed E-state index contributed by atoms with van der Waals surface area (Å²) in [4.78, 5) is 11.1. The molecule has 0 bridgehead atoms. The minimum Gasteiger partial charge on any atom is -0.468 e. The van der Waals surface area contributed by atoms with Gasteiger partial charge in [0.2, 0.25) is 0 Å². The maximum absolute atomic E-state index is 12.7. The van der Waals surface area contributed by atoms with Gasteiger partial charge in [0.15, 0.2) is 0 Å². The Balaban J connectivity index is 3.04. The molecule has 0 aromatic heterocycles. The molecule has 21 heavy (non-hydrogen) atoms. The van der Waals surface area contributed by atoms with Crippen molar-refractivity contribution in [2.24, 2.45) is 0 Å². The number of halogens is 4. The molecular weight excluding hydrogens is 327 g/mol. The first kappa shape index (κ1) is 17.7. The Morgan fingerprint density at radius 1 is 1.52 bits per heavy atom. The van der Waals surface area contributed by atoms with Crippen LogP contribution in [0.2, 0.25) is 0 Å². The number of alkyl halides is 4. The van der Waals surface area contributed by atoms with E-state index in [1.54, 1.807) is 6.07 Å². The molecule has 1 aromatic carbocycles. The standard InChI is InChI=1S/C13H11ClF3NO2S/c1-20-11(19)7-21-12(10(14)6-18)8-3-2-4-9(5-8)13(15,16)17/h2-5,10,12H,7H2,1H3. The van der Waals surface area contributed by atoms with Gasteiger partial charge in [0.1, 0.15) is 5.38 Å². The number of rotatable bonds is 5. The Bertz CT molecular complexity index is 545. The van der Waals surface area contributed by atoms with Gasteiger partial charge in [0.25, 0.3) is 0 Å². The van der Waals surface area contributed by atoms with Crippen molar-refractivity contribution < 1.29 is 22.7 Å². The molecule has 2 unspecified atom stereocenters. The van der Waals surface area contributed by atoms with Gasteiger partial charge in [-0.1, -0.05) is 18.2 Å². The molecule has 0 aliphatic carbocycles. The van der Waals surface area contributed by atoms with Crippen LogP contribution in [0.4, 0.5) is 13.2 Å². The summed E-state index contributed by atoms with van der Waals surface area (Å²) in [6, 6.07) is 6.32. The topological polar surface area (TPSA) is 50.1 Å². The first-order chi connectivity index (χ1) is 9.79. The quantitative estimate of drug-likeness (QED) is 0.606. The first-order valence-corrected chi connectivity index (χ1v) is 7.17. The highest BCUT2D eigenvalue weighted by molar-refractivity contribution is 8.00. The number of hydrogen-bond donors (Lipinski definition) is 0. The van der Waals surface area contributed by atoms with Crippen molar-refractivity contribution >= 4 is 29.3 Å². The van der Waals surface area contributed by atoms with Gasteiger partial charge in [0.05, 0.1) is 29.7 Å². The summed E-state index contributed by atoms with van der Waals surface area (Å²) in [5.74, 6) is -0.652. The number of nitriles is 1. The van der Waals surface area contributed by atoms with Gasteiger partial charge >= 0.3 is 12.1 Å². The maximum atomic E-state index is 12.7. The lowest BCUT2D eigenvalue weighted by Gasteiger charge is -2.18. The maximum Gasteiger partial charge on any atom is 0.416 e. The van der Waals surface area contributed by atoms with E-state index in [1.807, 2.05) is 0 Å². The van der Waals surface area contributed by atoms with Crippen molar-refractivity contribution in [3.63, 3.8) is 0 Å². The van der Waals surface area contributed by atoms with Crippen LogP contribution in [0.1, 0.15) is 16.4 Å². The van der Waals surface area contributed by atoms with Crippen LogP contribution in [0.25, 0.3) is 0 Å². The highest BCUT2D eigenvalue weighted by Crippen LogP contribution is 2.38. The van der Waals surface area contributed by atoms with Gasteiger partial charge in [-0.2, -0.15) is 18.4 Å². The monoisotopic (exact) mass is 337 g/mol. The van der Waals surface area contributed by atoms with E-state index in [-0.39, 0.29) is 11.3 Å². The van der Waals surface area contributed by atoms with E-state index < -0.39 is 28.3 Å². The van der Waals surface area contributed by atoms with E-state index in [2.05, 4.69) is 4.74 Å². The number of methoxy groups -OCH3 is 1. The molecule has 0 saturated carbocycles. The first-order valence-electron chi connectivity index (χ1n) is 5.69. The van der Waals surface area contributed by atoms with E-state index in [0.717, 1.165) is 23.9 Å². The second-order valence-corrected chi connectivity index (χ2v) is 5.56. The van der Waals surface area contributed by atoms with E-state index in [1.165, 1.54) is 19.2 Å². The Kier molecular flexibility index (Phi) is 6.37. The van der Waals surface area contributed by atoms with Crippen LogP contribution in [0.3, 0.4) is 0 Å². The Labute approximate surface area is 129 Å². The number of thioether (sulfide) groups is 1. The van der Waals surface area contributed by atoms with Crippen LogP contribution in [0.5, 0.6) is 0 Å². The van der Waals surface area contributed by atoms with Crippen molar-refractivity contribution in [1.29, 1.82) is 5.26 Å². The molecule has 0 radical (unpaired) electrons. The molecule has 1 rings (SSSR count). The number of benzene rings is 1. The predicted molar refractivity (Wildman–Crippen MR) is 73.9 cm³/mol. The second-order valence-electron chi connectivity index (χ2n) is 3.96. The molecule has 0 aliphatic rings. The lowest BCUT2D eigenvalue weighted by atomic mass is 10.1. The zero-order chi connectivity index (χ0) is 16.0. The van der Waals surface area contributed by atoms with Gasteiger partial charge < -0.3 is 4.74 Å². The third-order valence-corrected chi connectivity index (χ3v) is 4.34. The van der Waals surface area contributed by atoms with Crippen LogP contribution in [0, 0.1) is 11.3 Å². The molecule has 0 N–H and O–H groups in total. The number of esters is 1. The molecule has 3 nitrogen and oxygen atoms in total. The average molecular weight is 338 g/mol. The van der Waals surface area contributed by atoms with Gasteiger partial charge in [-0.3, -0.25) is 4.79 Å². The molecule has 0 aliphatic heterocycles. The Morgan fingerprint density at radius 2 is 2.19 bits per heavy atom. The summed E-state index contributed by atoms with van der Waals surface area (Å²) < 4.78 is 42.6. The minimum absolute atomic E-state index is 0.109. The van der Waals surface area contributed by atoms with Crippen molar-refractivity contribution in [1.82, 2.24) is 0 Å². The minimum atomic E-state index is -4.48. The van der Waals surface area contributed by atoms with Gasteiger partial charge in [-0.05, 0) is 11.6 Å². The van der Waals surface area contributed by atoms with Crippen LogP contribution < -0.4 is 0 Å². The fourth-order valence-corrected chi connectivity index (χ4v) is 2.89. The van der Waals surface area contributed by atoms with Crippen LogP contribution in [0.15, 0.2) is 24.3 Å². The predicted octanol–water partition coefficient (Wildman–Crippen LogP) is 3.78. The molecule has 0 heterocycles. The van der Waals surface area contributed by atoms with E-state index >= 15 is 0 Å². The molecule has 0 spiro atoms. The molecule has 0 saturated heterocycles. The van der Waals surface area contributed by atoms with E-state index in [4.69, 9.17) is 16.9 Å². The zero-order valence-electron chi connectivity index (χ0n) is 10.9. The van der Waals surface area contributed by atoms with Gasteiger partial charge in [-0.25, -0.2) is 0 Å². The van der Waals surface area contributed by atoms with Crippen molar-refractivity contribution in [3.8, 4) is 6.07 Å². The lowest BCUT2D eigenvalue weighted by molar-refractivity contribution is -0.138. The fraction of sp³-hybridized carbons (Fsp3) is 0.385. The summed E-state index contributed by atoms with van der Waals surface area (Å²) >= 11 is 6.81. The number of carbonyl (C=O) groups excluding carboxylic acids is 1. The van der Waals surface area contributed by atoms with Crippen LogP contribution >= 0.6 is 23.4 Å². The lowest BCUT2D eigenvalue weighted by Crippen LogP contribution is -2.13. The number of carbonyl (C=O) groups is 1. The van der Waals surface area contributed by atoms with Gasteiger partial charge in [0, 0.05) is 0 Å². The SMILES string of the molecule is COC(=O)CSC(c1cccc(C(F)(F)F)c1)C(Cl)C#N. The molecular formula is C13H11ClF3NO2S. The summed E-state index contributed by atoms with van der Waals surface area (Å²) in [6.07, 6.45) is -4.48. The van der Waals surface area contributed by atoms with Crippen LogP contribution in [-0.2, 0) is 15.7 Å². The molecule has 114 valence electrons. The molecule has 0 fully saturated rings. The van der Waals surface area contributed by atoms with Crippen molar-refractivity contribution in [2.75, 3.05) is 12.9 Å². The number of ether oxygens (including phenoxy) is 1. The van der Waals surface area contributed by atoms with E-state index in [9.17, 15) is 18.0 Å². The van der Waals surface area contributed by atoms with Gasteiger partial charge in [-0.15, -0.1) is 23.4 Å². The highest BCUT2D eigenvalue weighted by Gasteiger charge is 2.32. The largest absolute Gasteiger partial charge is 0.468 e. The fourth-order valence-electron chi connectivity index (χ4n) is 1.53. The van der Waals surface area contributed by atoms with Crippen molar-refractivity contribution in [3.05, 3.63) is 35.4 Å². The molecule has 0 amide bonds. The summed E-state index contributed by atoms with van der Waals surface area (Å²) in [6.45, 7) is 0. The third-order valence-electron chi connectivity index (χ3n) is 2.54. The Morgan fingerprint density at radius 3 is 2.71 bits per heavy atom. The van der Waals surface area contributed by atoms with E-state index in [0.29, 0.717) is 0 Å². The molecule has 8 heteroatoms. The number of nitrogens with zero attached hydrogens (tertiary/aromatic N) is 1. The Hall–Kier alpha value is -1.39. The van der Waals surface area contributed by atoms with Crippen LogP contribution in [-0.4, -0.2) is 24.2 Å². The summed E-state index contributed by atoms with van der Waals surface area (Å²) in [7, 11) is 1.20. The molecule has 2 atom stereocenters. The smallest absolute Gasteiger partial charge is 0.416 e. The zero-order valence-corrected chi connectivity index (χ0v) is 12.4. The third kappa shape index (κ3) is 5.14. The normalized spacial score (nSPS) is 14.1. The molecule has 1 aromatic rings. The average Bonchev–Trinajstić information content (AvgIpc) is 2.46. The van der Waals surface area contributed by atoms with Crippen molar-refractivity contribution in [2.45, 2.75) is 16.8 Å².